The normalized spacial score (nSPS) is 15.3. The number of ether oxygens (including phenoxy) is 2. The Kier molecular flexibility index (Phi) is 5.87. The zero-order valence-corrected chi connectivity index (χ0v) is 15.6. The summed E-state index contributed by atoms with van der Waals surface area (Å²) in [5.41, 5.74) is -0.0647. The van der Waals surface area contributed by atoms with E-state index in [1.165, 1.54) is 0 Å². The lowest BCUT2D eigenvalue weighted by Gasteiger charge is -2.36. The molecule has 0 N–H and O–H groups in total. The smallest absolute Gasteiger partial charge is 0.410 e. The second-order valence-corrected chi connectivity index (χ2v) is 7.28. The molecule has 25 heavy (non-hydrogen) atoms. The van der Waals surface area contributed by atoms with Crippen LogP contribution in [0.4, 0.5) is 10.6 Å². The number of hydrogen-bond donors (Lipinski definition) is 0. The molecular weight excluding hydrogens is 322 g/mol. The van der Waals surface area contributed by atoms with Crippen molar-refractivity contribution >= 4 is 17.9 Å². The number of pyridine rings is 1. The average molecular weight is 349 g/mol. The highest BCUT2D eigenvalue weighted by Crippen LogP contribution is 2.21. The molecule has 1 amide bonds. The van der Waals surface area contributed by atoms with Crippen LogP contribution in [0.2, 0.25) is 0 Å². The average Bonchev–Trinajstić information content (AvgIpc) is 2.53. The molecule has 2 heterocycles. The number of aromatic nitrogens is 1. The molecule has 1 fully saturated rings. The van der Waals surface area contributed by atoms with Crippen LogP contribution in [-0.4, -0.2) is 59.8 Å². The van der Waals surface area contributed by atoms with Crippen molar-refractivity contribution in [3.8, 4) is 0 Å². The Bertz CT molecular complexity index is 617. The van der Waals surface area contributed by atoms with Gasteiger partial charge in [-0.2, -0.15) is 0 Å². The molecule has 1 aromatic heterocycles. The van der Waals surface area contributed by atoms with E-state index in [1.54, 1.807) is 23.2 Å². The number of carbonyl (C=O) groups excluding carboxylic acids is 2. The van der Waals surface area contributed by atoms with E-state index in [9.17, 15) is 9.59 Å². The summed E-state index contributed by atoms with van der Waals surface area (Å²) in [7, 11) is 0. The van der Waals surface area contributed by atoms with Gasteiger partial charge in [-0.3, -0.25) is 0 Å². The van der Waals surface area contributed by atoms with E-state index in [1.807, 2.05) is 39.5 Å². The van der Waals surface area contributed by atoms with Gasteiger partial charge in [0.1, 0.15) is 17.0 Å². The van der Waals surface area contributed by atoms with E-state index >= 15 is 0 Å². The van der Waals surface area contributed by atoms with Gasteiger partial charge in [0, 0.05) is 32.4 Å². The molecule has 7 heteroatoms. The van der Waals surface area contributed by atoms with Gasteiger partial charge in [0.25, 0.3) is 0 Å². The number of amides is 1. The van der Waals surface area contributed by atoms with E-state index in [0.29, 0.717) is 37.6 Å². The number of piperazine rings is 1. The minimum Gasteiger partial charge on any atom is -0.459 e. The van der Waals surface area contributed by atoms with E-state index in [4.69, 9.17) is 9.47 Å². The second-order valence-electron chi connectivity index (χ2n) is 7.28. The molecular formula is C18H27N3O4. The number of esters is 1. The highest BCUT2D eigenvalue weighted by molar-refractivity contribution is 5.94. The molecule has 2 rings (SSSR count). The molecule has 0 atom stereocenters. The Hall–Kier alpha value is -2.31. The lowest BCUT2D eigenvalue weighted by atomic mass is 10.2. The molecule has 0 spiro atoms. The summed E-state index contributed by atoms with van der Waals surface area (Å²) in [5.74, 6) is 0.213. The highest BCUT2D eigenvalue weighted by Gasteiger charge is 2.28. The SMILES string of the molecule is CC(C)OC(=O)c1cccnc1N1CCN(C(=O)OC(C)(C)C)CC1. The molecule has 138 valence electrons. The Morgan fingerprint density at radius 1 is 1.16 bits per heavy atom. The van der Waals surface area contributed by atoms with E-state index in [-0.39, 0.29) is 18.2 Å². The number of hydrogen-bond acceptors (Lipinski definition) is 6. The van der Waals surface area contributed by atoms with Crippen molar-refractivity contribution in [2.75, 3.05) is 31.1 Å². The van der Waals surface area contributed by atoms with Crippen molar-refractivity contribution in [1.82, 2.24) is 9.88 Å². The summed E-state index contributed by atoms with van der Waals surface area (Å²) in [4.78, 5) is 32.4. The molecule has 0 unspecified atom stereocenters. The van der Waals surface area contributed by atoms with Gasteiger partial charge < -0.3 is 19.3 Å². The lowest BCUT2D eigenvalue weighted by molar-refractivity contribution is 0.0238. The largest absolute Gasteiger partial charge is 0.459 e. The summed E-state index contributed by atoms with van der Waals surface area (Å²) in [6, 6.07) is 3.44. The fourth-order valence-corrected chi connectivity index (χ4v) is 2.51. The van der Waals surface area contributed by atoms with Crippen molar-refractivity contribution in [3.63, 3.8) is 0 Å². The Morgan fingerprint density at radius 3 is 2.36 bits per heavy atom. The van der Waals surface area contributed by atoms with E-state index < -0.39 is 5.60 Å². The first kappa shape index (κ1) is 19.0. The standard InChI is InChI=1S/C18H27N3O4/c1-13(2)24-16(22)14-7-6-8-19-15(14)20-9-11-21(12-10-20)17(23)25-18(3,4)5/h6-8,13H,9-12H2,1-5H3. The summed E-state index contributed by atoms with van der Waals surface area (Å²) in [6.45, 7) is 11.4. The summed E-state index contributed by atoms with van der Waals surface area (Å²) in [5, 5.41) is 0. The molecule has 0 radical (unpaired) electrons. The number of nitrogens with zero attached hydrogens (tertiary/aromatic N) is 3. The van der Waals surface area contributed by atoms with Gasteiger partial charge in [-0.25, -0.2) is 14.6 Å². The zero-order valence-electron chi connectivity index (χ0n) is 15.6. The fraction of sp³-hybridized carbons (Fsp3) is 0.611. The maximum Gasteiger partial charge on any atom is 0.410 e. The molecule has 0 saturated carbocycles. The Labute approximate surface area is 148 Å². The van der Waals surface area contributed by atoms with E-state index in [2.05, 4.69) is 4.98 Å². The quantitative estimate of drug-likeness (QED) is 0.781. The molecule has 0 aliphatic carbocycles. The summed E-state index contributed by atoms with van der Waals surface area (Å²) in [6.07, 6.45) is 1.15. The van der Waals surface area contributed by atoms with Crippen molar-refractivity contribution in [2.24, 2.45) is 0 Å². The monoisotopic (exact) mass is 349 g/mol. The molecule has 1 aromatic rings. The summed E-state index contributed by atoms with van der Waals surface area (Å²) >= 11 is 0. The van der Waals surface area contributed by atoms with Crippen LogP contribution in [0.25, 0.3) is 0 Å². The first-order valence-corrected chi connectivity index (χ1v) is 8.56. The highest BCUT2D eigenvalue weighted by atomic mass is 16.6. The molecule has 1 aliphatic heterocycles. The molecule has 1 aliphatic rings. The molecule has 1 saturated heterocycles. The van der Waals surface area contributed by atoms with Crippen LogP contribution in [0.15, 0.2) is 18.3 Å². The third kappa shape index (κ3) is 5.34. The van der Waals surface area contributed by atoms with Crippen molar-refractivity contribution < 1.29 is 19.1 Å². The predicted molar refractivity (Wildman–Crippen MR) is 94.8 cm³/mol. The first-order valence-electron chi connectivity index (χ1n) is 8.56. The summed E-state index contributed by atoms with van der Waals surface area (Å²) < 4.78 is 10.7. The third-order valence-electron chi connectivity index (χ3n) is 3.58. The van der Waals surface area contributed by atoms with Gasteiger partial charge in [-0.15, -0.1) is 0 Å². The number of carbonyl (C=O) groups is 2. The van der Waals surface area contributed by atoms with Gasteiger partial charge in [0.15, 0.2) is 0 Å². The van der Waals surface area contributed by atoms with Crippen LogP contribution >= 0.6 is 0 Å². The van der Waals surface area contributed by atoms with Gasteiger partial charge in [-0.05, 0) is 46.8 Å². The third-order valence-corrected chi connectivity index (χ3v) is 3.58. The van der Waals surface area contributed by atoms with Crippen molar-refractivity contribution in [3.05, 3.63) is 23.9 Å². The zero-order chi connectivity index (χ0) is 18.6. The molecule has 0 bridgehead atoms. The Balaban J connectivity index is 2.04. The van der Waals surface area contributed by atoms with Crippen LogP contribution in [0.5, 0.6) is 0 Å². The van der Waals surface area contributed by atoms with Crippen molar-refractivity contribution in [1.29, 1.82) is 0 Å². The maximum atomic E-state index is 12.3. The maximum absolute atomic E-state index is 12.3. The van der Waals surface area contributed by atoms with Crippen LogP contribution in [0.3, 0.4) is 0 Å². The van der Waals surface area contributed by atoms with Crippen molar-refractivity contribution in [2.45, 2.75) is 46.3 Å². The second kappa shape index (κ2) is 7.72. The topological polar surface area (TPSA) is 72.0 Å². The van der Waals surface area contributed by atoms with Crippen LogP contribution < -0.4 is 4.90 Å². The van der Waals surface area contributed by atoms with Gasteiger partial charge in [0.2, 0.25) is 0 Å². The van der Waals surface area contributed by atoms with Gasteiger partial charge in [0.05, 0.1) is 6.10 Å². The van der Waals surface area contributed by atoms with Crippen LogP contribution in [0, 0.1) is 0 Å². The molecule has 7 nitrogen and oxygen atoms in total. The Morgan fingerprint density at radius 2 is 1.80 bits per heavy atom. The fourth-order valence-electron chi connectivity index (χ4n) is 2.51. The van der Waals surface area contributed by atoms with E-state index in [0.717, 1.165) is 0 Å². The minimum atomic E-state index is -0.511. The predicted octanol–water partition coefficient (Wildman–Crippen LogP) is 2.70. The first-order chi connectivity index (χ1) is 11.7. The van der Waals surface area contributed by atoms with Crippen LogP contribution in [-0.2, 0) is 9.47 Å². The van der Waals surface area contributed by atoms with Gasteiger partial charge in [-0.1, -0.05) is 0 Å². The van der Waals surface area contributed by atoms with Gasteiger partial charge >= 0.3 is 12.1 Å². The lowest BCUT2D eigenvalue weighted by Crippen LogP contribution is -2.50. The van der Waals surface area contributed by atoms with Crippen LogP contribution in [0.1, 0.15) is 45.0 Å². The number of anilines is 1. The number of rotatable bonds is 3. The molecule has 0 aromatic carbocycles. The minimum absolute atomic E-state index is 0.190.